The van der Waals surface area contributed by atoms with Crippen LogP contribution in [0.1, 0.15) is 38.4 Å². The second-order valence-electron chi connectivity index (χ2n) is 3.64. The maximum atomic E-state index is 6.04. The van der Waals surface area contributed by atoms with E-state index in [0.717, 1.165) is 25.0 Å². The molecule has 2 N–H and O–H groups in total. The third kappa shape index (κ3) is 3.61. The van der Waals surface area contributed by atoms with Gasteiger partial charge >= 0.3 is 0 Å². The largest absolute Gasteiger partial charge is 0.372 e. The highest BCUT2D eigenvalue weighted by atomic mass is 16.5. The molecule has 84 valence electrons. The van der Waals surface area contributed by atoms with E-state index in [1.54, 1.807) is 12.4 Å². The number of pyridine rings is 1. The summed E-state index contributed by atoms with van der Waals surface area (Å²) in [6, 6.07) is 3.99. The molecular formula is C12H20N2O. The van der Waals surface area contributed by atoms with Gasteiger partial charge in [-0.05, 0) is 30.5 Å². The summed E-state index contributed by atoms with van der Waals surface area (Å²) in [5.74, 6) is 0. The second kappa shape index (κ2) is 6.53. The minimum atomic E-state index is -0.00190. The molecule has 0 aliphatic carbocycles. The van der Waals surface area contributed by atoms with Crippen molar-refractivity contribution in [2.24, 2.45) is 5.73 Å². The van der Waals surface area contributed by atoms with Gasteiger partial charge in [-0.2, -0.15) is 0 Å². The molecule has 15 heavy (non-hydrogen) atoms. The highest BCUT2D eigenvalue weighted by Crippen LogP contribution is 2.21. The van der Waals surface area contributed by atoms with Crippen LogP contribution >= 0.6 is 0 Å². The molecule has 0 radical (unpaired) electrons. The minimum absolute atomic E-state index is 0.00190. The summed E-state index contributed by atoms with van der Waals surface area (Å²) in [4.78, 5) is 4.00. The van der Waals surface area contributed by atoms with Gasteiger partial charge in [0.1, 0.15) is 0 Å². The van der Waals surface area contributed by atoms with Crippen LogP contribution in [-0.2, 0) is 4.74 Å². The van der Waals surface area contributed by atoms with E-state index in [0.29, 0.717) is 0 Å². The molecule has 2 atom stereocenters. The third-order valence-electron chi connectivity index (χ3n) is 2.40. The first-order valence-electron chi connectivity index (χ1n) is 5.56. The van der Waals surface area contributed by atoms with Crippen molar-refractivity contribution in [1.82, 2.24) is 4.98 Å². The zero-order valence-electron chi connectivity index (χ0n) is 9.52. The Kier molecular flexibility index (Phi) is 5.29. The van der Waals surface area contributed by atoms with Crippen LogP contribution in [0.4, 0.5) is 0 Å². The van der Waals surface area contributed by atoms with Gasteiger partial charge in [-0.3, -0.25) is 4.98 Å². The summed E-state index contributed by atoms with van der Waals surface area (Å²) in [6.45, 7) is 4.93. The van der Waals surface area contributed by atoms with Crippen molar-refractivity contribution in [3.8, 4) is 0 Å². The maximum absolute atomic E-state index is 6.04. The van der Waals surface area contributed by atoms with Crippen LogP contribution in [0.15, 0.2) is 24.5 Å². The van der Waals surface area contributed by atoms with Gasteiger partial charge in [0, 0.05) is 25.0 Å². The van der Waals surface area contributed by atoms with Crippen molar-refractivity contribution in [2.45, 2.75) is 38.8 Å². The number of ether oxygens (including phenoxy) is 1. The molecule has 3 heteroatoms. The molecule has 0 bridgehead atoms. The number of rotatable bonds is 6. The average molecular weight is 208 g/mol. The van der Waals surface area contributed by atoms with Crippen LogP contribution in [0, 0.1) is 0 Å². The number of nitrogens with two attached hydrogens (primary N) is 1. The number of hydrogen-bond acceptors (Lipinski definition) is 3. The zero-order chi connectivity index (χ0) is 11.1. The Morgan fingerprint density at radius 2 is 2.00 bits per heavy atom. The predicted octanol–water partition coefficient (Wildman–Crippen LogP) is 2.29. The monoisotopic (exact) mass is 208 g/mol. The van der Waals surface area contributed by atoms with Crippen LogP contribution in [0.25, 0.3) is 0 Å². The Balaban J connectivity index is 2.72. The van der Waals surface area contributed by atoms with Crippen molar-refractivity contribution in [3.63, 3.8) is 0 Å². The molecule has 1 heterocycles. The van der Waals surface area contributed by atoms with Crippen molar-refractivity contribution in [1.29, 1.82) is 0 Å². The van der Waals surface area contributed by atoms with Gasteiger partial charge in [-0.15, -0.1) is 0 Å². The van der Waals surface area contributed by atoms with Gasteiger partial charge in [0.2, 0.25) is 0 Å². The van der Waals surface area contributed by atoms with E-state index in [-0.39, 0.29) is 12.1 Å². The summed E-state index contributed by atoms with van der Waals surface area (Å²) in [5.41, 5.74) is 7.16. The van der Waals surface area contributed by atoms with E-state index in [2.05, 4.69) is 18.8 Å². The SMILES string of the molecule is CCCOC(c1ccncc1)C(N)CC. The van der Waals surface area contributed by atoms with E-state index in [1.165, 1.54) is 0 Å². The van der Waals surface area contributed by atoms with Crippen LogP contribution in [-0.4, -0.2) is 17.6 Å². The molecule has 0 fully saturated rings. The maximum Gasteiger partial charge on any atom is 0.0976 e. The van der Waals surface area contributed by atoms with Gasteiger partial charge < -0.3 is 10.5 Å². The lowest BCUT2D eigenvalue weighted by Gasteiger charge is -2.23. The van der Waals surface area contributed by atoms with E-state index in [4.69, 9.17) is 10.5 Å². The van der Waals surface area contributed by atoms with Gasteiger partial charge in [0.25, 0.3) is 0 Å². The predicted molar refractivity (Wildman–Crippen MR) is 61.5 cm³/mol. The zero-order valence-corrected chi connectivity index (χ0v) is 9.52. The molecule has 1 rings (SSSR count). The standard InChI is InChI=1S/C12H20N2O/c1-3-9-15-12(11(13)4-2)10-5-7-14-8-6-10/h5-8,11-12H,3-4,9,13H2,1-2H3. The van der Waals surface area contributed by atoms with Crippen molar-refractivity contribution in [3.05, 3.63) is 30.1 Å². The van der Waals surface area contributed by atoms with E-state index in [1.807, 2.05) is 12.1 Å². The topological polar surface area (TPSA) is 48.1 Å². The normalized spacial score (nSPS) is 14.9. The van der Waals surface area contributed by atoms with Crippen molar-refractivity contribution >= 4 is 0 Å². The van der Waals surface area contributed by atoms with E-state index < -0.39 is 0 Å². The lowest BCUT2D eigenvalue weighted by molar-refractivity contribution is 0.0338. The molecule has 1 aromatic heterocycles. The lowest BCUT2D eigenvalue weighted by Crippen LogP contribution is -2.29. The quantitative estimate of drug-likeness (QED) is 0.780. The van der Waals surface area contributed by atoms with Crippen LogP contribution in [0.3, 0.4) is 0 Å². The van der Waals surface area contributed by atoms with Crippen molar-refractivity contribution in [2.75, 3.05) is 6.61 Å². The summed E-state index contributed by atoms with van der Waals surface area (Å²) in [7, 11) is 0. The summed E-state index contributed by atoms with van der Waals surface area (Å²) in [6.07, 6.45) is 5.48. The Hall–Kier alpha value is -0.930. The van der Waals surface area contributed by atoms with Gasteiger partial charge in [0.05, 0.1) is 6.10 Å². The van der Waals surface area contributed by atoms with Gasteiger partial charge in [0.15, 0.2) is 0 Å². The molecule has 0 aliphatic rings. The Bertz CT molecular complexity index is 264. The van der Waals surface area contributed by atoms with Crippen LogP contribution < -0.4 is 5.73 Å². The summed E-state index contributed by atoms with van der Waals surface area (Å²) in [5, 5.41) is 0. The molecule has 0 aliphatic heterocycles. The van der Waals surface area contributed by atoms with Crippen LogP contribution in [0.2, 0.25) is 0 Å². The van der Waals surface area contributed by atoms with Gasteiger partial charge in [-0.1, -0.05) is 13.8 Å². The average Bonchev–Trinajstić information content (AvgIpc) is 2.30. The molecule has 1 aromatic rings. The number of nitrogens with zero attached hydrogens (tertiary/aromatic N) is 1. The highest BCUT2D eigenvalue weighted by molar-refractivity contribution is 5.15. The molecule has 3 nitrogen and oxygen atoms in total. The van der Waals surface area contributed by atoms with E-state index in [9.17, 15) is 0 Å². The molecule has 0 spiro atoms. The highest BCUT2D eigenvalue weighted by Gasteiger charge is 2.18. The first-order valence-corrected chi connectivity index (χ1v) is 5.56. The first kappa shape index (κ1) is 12.1. The van der Waals surface area contributed by atoms with Crippen LogP contribution in [0.5, 0.6) is 0 Å². The lowest BCUT2D eigenvalue weighted by atomic mass is 10.0. The second-order valence-corrected chi connectivity index (χ2v) is 3.64. The first-order chi connectivity index (χ1) is 7.29. The molecule has 2 unspecified atom stereocenters. The Morgan fingerprint density at radius 3 is 2.53 bits per heavy atom. The molecule has 0 aromatic carbocycles. The number of aromatic nitrogens is 1. The smallest absolute Gasteiger partial charge is 0.0976 e. The summed E-state index contributed by atoms with van der Waals surface area (Å²) >= 11 is 0. The third-order valence-corrected chi connectivity index (χ3v) is 2.40. The molecular weight excluding hydrogens is 188 g/mol. The van der Waals surface area contributed by atoms with Crippen molar-refractivity contribution < 1.29 is 4.74 Å². The fourth-order valence-corrected chi connectivity index (χ4v) is 1.48. The van der Waals surface area contributed by atoms with E-state index >= 15 is 0 Å². The minimum Gasteiger partial charge on any atom is -0.372 e. The molecule has 0 saturated heterocycles. The fourth-order valence-electron chi connectivity index (χ4n) is 1.48. The Morgan fingerprint density at radius 1 is 1.33 bits per heavy atom. The molecule has 0 saturated carbocycles. The summed E-state index contributed by atoms with van der Waals surface area (Å²) < 4.78 is 5.78. The molecule has 0 amide bonds. The Labute approximate surface area is 91.7 Å². The fraction of sp³-hybridized carbons (Fsp3) is 0.583. The number of hydrogen-bond donors (Lipinski definition) is 1. The van der Waals surface area contributed by atoms with Gasteiger partial charge in [-0.25, -0.2) is 0 Å².